The lowest BCUT2D eigenvalue weighted by Gasteiger charge is -2.51. The zero-order valence-electron chi connectivity index (χ0n) is 33.9. The monoisotopic (exact) mass is 812 g/mol. The topological polar surface area (TPSA) is 145 Å². The van der Waals surface area contributed by atoms with Crippen molar-refractivity contribution in [3.8, 4) is 28.7 Å². The largest absolute Gasteiger partial charge is 0.345 e. The normalized spacial score (nSPS) is 20.6. The van der Waals surface area contributed by atoms with Crippen molar-refractivity contribution in [2.45, 2.75) is 76.3 Å². The molecule has 0 aliphatic carbocycles. The van der Waals surface area contributed by atoms with Crippen LogP contribution in [0.5, 0.6) is 0 Å². The number of imidazole rings is 2. The second-order valence-electron chi connectivity index (χ2n) is 15.2. The van der Waals surface area contributed by atoms with Crippen LogP contribution < -0.4 is 19.6 Å². The summed E-state index contributed by atoms with van der Waals surface area (Å²) in [5, 5.41) is 0.233. The van der Waals surface area contributed by atoms with Crippen LogP contribution in [0.25, 0.3) is 28.7 Å². The fraction of sp³-hybridized carbons (Fsp3) is 0.364. The number of carbonyl (C=O) groups excluding carboxylic acids is 2. The van der Waals surface area contributed by atoms with E-state index in [1.54, 1.807) is 41.6 Å². The van der Waals surface area contributed by atoms with Crippen molar-refractivity contribution in [2.24, 2.45) is 0 Å². The molecule has 2 amide bonds. The number of benzene rings is 2. The molecule has 2 saturated heterocycles. The van der Waals surface area contributed by atoms with Gasteiger partial charge in [0.2, 0.25) is 11.2 Å². The van der Waals surface area contributed by atoms with Gasteiger partial charge in [0.15, 0.2) is 11.6 Å². The van der Waals surface area contributed by atoms with Gasteiger partial charge >= 0.3 is 0 Å². The third-order valence-electron chi connectivity index (χ3n) is 12.2. The number of anilines is 4. The quantitative estimate of drug-likeness (QED) is 0.172. The summed E-state index contributed by atoms with van der Waals surface area (Å²) in [4.78, 5) is 63.4. The van der Waals surface area contributed by atoms with E-state index in [9.17, 15) is 9.59 Å². The van der Waals surface area contributed by atoms with Crippen LogP contribution in [0.4, 0.5) is 23.0 Å². The smallest absolute Gasteiger partial charge is 0.252 e. The Labute approximate surface area is 349 Å². The number of aromatic amines is 1. The standard InChI is InChI=1S/C22H24N6O.C13H17ClN4O.C9H8N2/c1-3-22-11-7-8-13-28(22)19-17(26(2)20(22)29)15-24-21(25-19)27-14-12-23-18(27)16-9-5-4-6-10-16;1-3-13-6-4-5-7-18(13)10-9(17(2)11(13)19)8-15-12(14)16-10;1-2-4-8(5-3-1)9-10-6-7-11-9/h4-6,9-10,12,14-15H,3,7-8,11,13H2,1-2H3;8H,3-7H2,1-2H3;1-7H,(H,10,11). The van der Waals surface area contributed by atoms with Gasteiger partial charge in [-0.25, -0.2) is 19.9 Å². The van der Waals surface area contributed by atoms with Crippen LogP contribution >= 0.6 is 11.6 Å². The van der Waals surface area contributed by atoms with Crippen LogP contribution in [0.1, 0.15) is 65.2 Å². The number of aromatic nitrogens is 8. The molecule has 0 spiro atoms. The Morgan fingerprint density at radius 2 is 1.24 bits per heavy atom. The average molecular weight is 813 g/mol. The molecule has 59 heavy (non-hydrogen) atoms. The summed E-state index contributed by atoms with van der Waals surface area (Å²) in [5.74, 6) is 4.22. The minimum absolute atomic E-state index is 0.146. The van der Waals surface area contributed by atoms with Crippen molar-refractivity contribution >= 4 is 46.4 Å². The summed E-state index contributed by atoms with van der Waals surface area (Å²) >= 11 is 5.93. The lowest BCUT2D eigenvalue weighted by atomic mass is 9.81. The average Bonchev–Trinajstić information content (AvgIpc) is 4.03. The minimum Gasteiger partial charge on any atom is -0.345 e. The number of piperidine rings is 2. The molecular formula is C44H49ClN12O2. The van der Waals surface area contributed by atoms with Gasteiger partial charge in [-0.2, -0.15) is 9.97 Å². The summed E-state index contributed by atoms with van der Waals surface area (Å²) in [5.41, 5.74) is 2.71. The molecule has 6 aromatic rings. The molecule has 4 aliphatic heterocycles. The second-order valence-corrected chi connectivity index (χ2v) is 15.6. The van der Waals surface area contributed by atoms with E-state index in [0.717, 1.165) is 110 Å². The maximum atomic E-state index is 13.2. The van der Waals surface area contributed by atoms with Crippen molar-refractivity contribution in [1.29, 1.82) is 0 Å². The number of halogens is 1. The highest BCUT2D eigenvalue weighted by Gasteiger charge is 2.52. The molecule has 0 radical (unpaired) electrons. The van der Waals surface area contributed by atoms with E-state index in [2.05, 4.69) is 53.6 Å². The summed E-state index contributed by atoms with van der Waals surface area (Å²) in [6, 6.07) is 20.1. The van der Waals surface area contributed by atoms with Crippen LogP contribution in [0.3, 0.4) is 0 Å². The number of hydrogen-bond acceptors (Lipinski definition) is 10. The van der Waals surface area contributed by atoms with Gasteiger partial charge in [0, 0.05) is 63.1 Å². The van der Waals surface area contributed by atoms with Gasteiger partial charge in [0.1, 0.15) is 34.1 Å². The number of rotatable bonds is 5. The molecule has 2 unspecified atom stereocenters. The van der Waals surface area contributed by atoms with Crippen LogP contribution in [-0.4, -0.2) is 89.5 Å². The Balaban J connectivity index is 0.000000137. The molecule has 304 valence electrons. The number of fused-ring (bicyclic) bond motifs is 6. The maximum Gasteiger partial charge on any atom is 0.252 e. The molecule has 4 aliphatic rings. The number of carbonyl (C=O) groups is 2. The molecule has 2 fully saturated rings. The molecule has 1 N–H and O–H groups in total. The number of H-pyrrole nitrogens is 1. The van der Waals surface area contributed by atoms with Crippen molar-refractivity contribution < 1.29 is 9.59 Å². The first-order valence-electron chi connectivity index (χ1n) is 20.4. The van der Waals surface area contributed by atoms with E-state index >= 15 is 0 Å². The third-order valence-corrected chi connectivity index (χ3v) is 12.4. The minimum atomic E-state index is -0.497. The first-order valence-corrected chi connectivity index (χ1v) is 20.8. The predicted molar refractivity (Wildman–Crippen MR) is 231 cm³/mol. The van der Waals surface area contributed by atoms with E-state index in [0.29, 0.717) is 5.95 Å². The van der Waals surface area contributed by atoms with E-state index in [1.807, 2.05) is 84.7 Å². The van der Waals surface area contributed by atoms with Crippen LogP contribution in [0, 0.1) is 0 Å². The highest BCUT2D eigenvalue weighted by Crippen LogP contribution is 2.46. The number of amides is 2. The molecule has 0 bridgehead atoms. The summed E-state index contributed by atoms with van der Waals surface area (Å²) in [6.45, 7) is 5.86. The third kappa shape index (κ3) is 7.09. The van der Waals surface area contributed by atoms with Gasteiger partial charge < -0.3 is 24.6 Å². The van der Waals surface area contributed by atoms with Gasteiger partial charge in [0.25, 0.3) is 11.8 Å². The highest BCUT2D eigenvalue weighted by atomic mass is 35.5. The summed E-state index contributed by atoms with van der Waals surface area (Å²) in [6.07, 6.45) is 18.2. The molecule has 14 nitrogen and oxygen atoms in total. The molecule has 2 atom stereocenters. The molecule has 15 heteroatoms. The van der Waals surface area contributed by atoms with E-state index in [1.165, 1.54) is 0 Å². The van der Waals surface area contributed by atoms with Crippen LogP contribution in [0.15, 0.2) is 97.8 Å². The number of hydrogen-bond donors (Lipinski definition) is 1. The number of nitrogens with one attached hydrogen (secondary N) is 1. The SMILES string of the molecule is CCC12CCCCN1c1nc(-n3ccnc3-c3ccccc3)ncc1N(C)C2=O.CCC12CCCCN1c1nc(Cl)ncc1N(C)C2=O.c1ccc(-c2ncc[nH]2)cc1. The summed E-state index contributed by atoms with van der Waals surface area (Å²) in [7, 11) is 3.63. The Bertz CT molecular complexity index is 2410. The summed E-state index contributed by atoms with van der Waals surface area (Å²) < 4.78 is 1.91. The lowest BCUT2D eigenvalue weighted by Crippen LogP contribution is -2.64. The fourth-order valence-corrected chi connectivity index (χ4v) is 9.12. The highest BCUT2D eigenvalue weighted by molar-refractivity contribution is 6.28. The van der Waals surface area contributed by atoms with E-state index in [-0.39, 0.29) is 17.1 Å². The maximum absolute atomic E-state index is 13.2. The zero-order valence-corrected chi connectivity index (χ0v) is 34.7. The number of nitrogens with zero attached hydrogens (tertiary/aromatic N) is 11. The Morgan fingerprint density at radius 1 is 0.678 bits per heavy atom. The molecule has 10 rings (SSSR count). The van der Waals surface area contributed by atoms with Gasteiger partial charge in [-0.1, -0.05) is 74.5 Å². The zero-order chi connectivity index (χ0) is 41.1. The second kappa shape index (κ2) is 16.6. The van der Waals surface area contributed by atoms with Crippen molar-refractivity contribution in [3.63, 3.8) is 0 Å². The Kier molecular flexibility index (Phi) is 11.2. The first-order chi connectivity index (χ1) is 28.7. The molecule has 8 heterocycles. The van der Waals surface area contributed by atoms with Crippen LogP contribution in [0.2, 0.25) is 5.28 Å². The molecule has 2 aromatic carbocycles. The first kappa shape index (κ1) is 39.7. The van der Waals surface area contributed by atoms with Crippen LogP contribution in [-0.2, 0) is 9.59 Å². The van der Waals surface area contributed by atoms with Crippen molar-refractivity contribution in [2.75, 3.05) is 46.8 Å². The van der Waals surface area contributed by atoms with Gasteiger partial charge in [-0.15, -0.1) is 0 Å². The van der Waals surface area contributed by atoms with Crippen molar-refractivity contribution in [3.05, 3.63) is 103 Å². The molecule has 0 saturated carbocycles. The molecular weight excluding hydrogens is 764 g/mol. The van der Waals surface area contributed by atoms with Gasteiger partial charge in [0.05, 0.1) is 12.4 Å². The lowest BCUT2D eigenvalue weighted by molar-refractivity contribution is -0.125. The van der Waals surface area contributed by atoms with Gasteiger partial charge in [-0.05, 0) is 63.0 Å². The van der Waals surface area contributed by atoms with E-state index < -0.39 is 11.1 Å². The Hall–Kier alpha value is -6.15. The number of likely N-dealkylation sites (N-methyl/N-ethyl adjacent to an activating group) is 2. The fourth-order valence-electron chi connectivity index (χ4n) is 8.99. The van der Waals surface area contributed by atoms with E-state index in [4.69, 9.17) is 16.6 Å². The van der Waals surface area contributed by atoms with Gasteiger partial charge in [-0.3, -0.25) is 14.2 Å². The Morgan fingerprint density at radius 3 is 1.80 bits per heavy atom. The molecule has 4 aromatic heterocycles. The predicted octanol–water partition coefficient (Wildman–Crippen LogP) is 7.77. The van der Waals surface area contributed by atoms with Crippen molar-refractivity contribution in [1.82, 2.24) is 39.5 Å².